The van der Waals surface area contributed by atoms with Gasteiger partial charge < -0.3 is 14.9 Å². The molecule has 0 unspecified atom stereocenters. The number of carboxylic acid groups (broad SMARTS) is 1. The number of carboxylic acids is 1. The predicted octanol–water partition coefficient (Wildman–Crippen LogP) is 2.35. The molecule has 0 bridgehead atoms. The highest BCUT2D eigenvalue weighted by Gasteiger charge is 2.31. The third-order valence-corrected chi connectivity index (χ3v) is 4.69. The summed E-state index contributed by atoms with van der Waals surface area (Å²) in [5.41, 5.74) is 2.20. The van der Waals surface area contributed by atoms with Crippen molar-refractivity contribution in [2.45, 2.75) is 38.3 Å². The van der Waals surface area contributed by atoms with Gasteiger partial charge in [0, 0.05) is 26.2 Å². The van der Waals surface area contributed by atoms with E-state index in [2.05, 4.69) is 0 Å². The van der Waals surface area contributed by atoms with Crippen LogP contribution >= 0.6 is 0 Å². The summed E-state index contributed by atoms with van der Waals surface area (Å²) in [6.45, 7) is 1.10. The highest BCUT2D eigenvalue weighted by atomic mass is 16.4. The van der Waals surface area contributed by atoms with Gasteiger partial charge in [0.25, 0.3) is 0 Å². The number of benzene rings is 1. The molecule has 1 aromatic carbocycles. The van der Waals surface area contributed by atoms with E-state index in [1.54, 1.807) is 12.1 Å². The summed E-state index contributed by atoms with van der Waals surface area (Å²) in [4.78, 5) is 27.4. The summed E-state index contributed by atoms with van der Waals surface area (Å²) in [6, 6.07) is 5.76. The van der Waals surface area contributed by atoms with E-state index in [4.69, 9.17) is 0 Å². The van der Waals surface area contributed by atoms with Crippen LogP contribution in [0.2, 0.25) is 0 Å². The fraction of sp³-hybridized carbons (Fsp3) is 0.500. The zero-order valence-electron chi connectivity index (χ0n) is 12.2. The molecular formula is C16H20N2O3. The fourth-order valence-electron chi connectivity index (χ4n) is 3.13. The highest BCUT2D eigenvalue weighted by Crippen LogP contribution is 2.27. The minimum atomic E-state index is -0.891. The van der Waals surface area contributed by atoms with Gasteiger partial charge in [0.2, 0.25) is 0 Å². The Bertz CT molecular complexity index is 581. The van der Waals surface area contributed by atoms with E-state index < -0.39 is 5.97 Å². The second-order valence-corrected chi connectivity index (χ2v) is 5.90. The molecule has 1 fully saturated rings. The summed E-state index contributed by atoms with van der Waals surface area (Å²) in [5, 5.41) is 9.23. The largest absolute Gasteiger partial charge is 0.478 e. The van der Waals surface area contributed by atoms with E-state index in [1.165, 1.54) is 6.42 Å². The lowest BCUT2D eigenvalue weighted by Crippen LogP contribution is -2.49. The maximum atomic E-state index is 12.5. The number of aromatic carboxylic acids is 1. The van der Waals surface area contributed by atoms with Crippen molar-refractivity contribution in [2.24, 2.45) is 0 Å². The number of amides is 2. The first kappa shape index (κ1) is 13.9. The summed E-state index contributed by atoms with van der Waals surface area (Å²) in [5.74, 6) is -0.891. The number of rotatable bonds is 2. The molecule has 0 atom stereocenters. The van der Waals surface area contributed by atoms with Crippen LogP contribution in [0, 0.1) is 0 Å². The van der Waals surface area contributed by atoms with Crippen LogP contribution in [-0.2, 0) is 13.0 Å². The van der Waals surface area contributed by atoms with Gasteiger partial charge >= 0.3 is 12.0 Å². The average molecular weight is 288 g/mol. The maximum Gasteiger partial charge on any atom is 0.335 e. The van der Waals surface area contributed by atoms with Gasteiger partial charge in [0.1, 0.15) is 0 Å². The second kappa shape index (κ2) is 5.39. The summed E-state index contributed by atoms with van der Waals surface area (Å²) in [6.07, 6.45) is 4.00. The lowest BCUT2D eigenvalue weighted by molar-refractivity contribution is 0.0695. The first-order valence-electron chi connectivity index (χ1n) is 7.43. The number of urea groups is 1. The Labute approximate surface area is 124 Å². The second-order valence-electron chi connectivity index (χ2n) is 5.90. The minimum absolute atomic E-state index is 0.0612. The van der Waals surface area contributed by atoms with Crippen LogP contribution in [0.4, 0.5) is 4.79 Å². The van der Waals surface area contributed by atoms with Crippen molar-refractivity contribution < 1.29 is 14.7 Å². The molecule has 1 aliphatic heterocycles. The average Bonchev–Trinajstić information content (AvgIpc) is 2.43. The number of nitrogens with zero attached hydrogens (tertiary/aromatic N) is 2. The molecule has 0 saturated heterocycles. The van der Waals surface area contributed by atoms with Crippen molar-refractivity contribution in [3.8, 4) is 0 Å². The van der Waals surface area contributed by atoms with E-state index in [1.807, 2.05) is 22.9 Å². The van der Waals surface area contributed by atoms with E-state index in [-0.39, 0.29) is 6.03 Å². The quantitative estimate of drug-likeness (QED) is 0.908. The molecule has 1 saturated carbocycles. The van der Waals surface area contributed by atoms with Gasteiger partial charge in [-0.2, -0.15) is 0 Å². The third kappa shape index (κ3) is 2.48. The Morgan fingerprint density at radius 2 is 2.10 bits per heavy atom. The number of hydrogen-bond acceptors (Lipinski definition) is 2. The minimum Gasteiger partial charge on any atom is -0.478 e. The Morgan fingerprint density at radius 1 is 1.33 bits per heavy atom. The van der Waals surface area contributed by atoms with Gasteiger partial charge in [-0.05, 0) is 42.9 Å². The van der Waals surface area contributed by atoms with Crippen LogP contribution in [0.15, 0.2) is 18.2 Å². The normalized spacial score (nSPS) is 17.9. The molecule has 2 amide bonds. The van der Waals surface area contributed by atoms with Gasteiger partial charge in [-0.3, -0.25) is 0 Å². The van der Waals surface area contributed by atoms with Gasteiger partial charge in [-0.1, -0.05) is 12.1 Å². The van der Waals surface area contributed by atoms with Gasteiger partial charge in [-0.15, -0.1) is 0 Å². The highest BCUT2D eigenvalue weighted by molar-refractivity contribution is 5.90. The zero-order valence-corrected chi connectivity index (χ0v) is 12.2. The van der Waals surface area contributed by atoms with Crippen LogP contribution in [0.25, 0.3) is 0 Å². The van der Waals surface area contributed by atoms with Crippen LogP contribution in [0.5, 0.6) is 0 Å². The van der Waals surface area contributed by atoms with E-state index in [9.17, 15) is 14.7 Å². The first-order valence-corrected chi connectivity index (χ1v) is 7.43. The number of fused-ring (bicyclic) bond motifs is 1. The van der Waals surface area contributed by atoms with E-state index >= 15 is 0 Å². The molecule has 5 nitrogen and oxygen atoms in total. The SMILES string of the molecule is CN(C(=O)N1CCc2c(cccc2C(=O)O)C1)C1CCC1. The number of carbonyl (C=O) groups excluding carboxylic acids is 1. The molecule has 2 aliphatic rings. The topological polar surface area (TPSA) is 60.9 Å². The number of hydrogen-bond donors (Lipinski definition) is 1. The Morgan fingerprint density at radius 3 is 2.71 bits per heavy atom. The van der Waals surface area contributed by atoms with Crippen molar-refractivity contribution in [2.75, 3.05) is 13.6 Å². The zero-order chi connectivity index (χ0) is 15.0. The summed E-state index contributed by atoms with van der Waals surface area (Å²) < 4.78 is 0. The molecule has 0 spiro atoms. The van der Waals surface area contributed by atoms with Crippen molar-refractivity contribution in [3.63, 3.8) is 0 Å². The monoisotopic (exact) mass is 288 g/mol. The number of carbonyl (C=O) groups is 2. The smallest absolute Gasteiger partial charge is 0.335 e. The molecule has 1 heterocycles. The molecule has 1 aromatic rings. The lowest BCUT2D eigenvalue weighted by atomic mass is 9.92. The van der Waals surface area contributed by atoms with Crippen LogP contribution in [0.1, 0.15) is 40.7 Å². The van der Waals surface area contributed by atoms with Crippen LogP contribution in [-0.4, -0.2) is 46.5 Å². The fourth-order valence-corrected chi connectivity index (χ4v) is 3.13. The molecule has 21 heavy (non-hydrogen) atoms. The summed E-state index contributed by atoms with van der Waals surface area (Å²) in [7, 11) is 1.87. The predicted molar refractivity (Wildman–Crippen MR) is 78.3 cm³/mol. The summed E-state index contributed by atoms with van der Waals surface area (Å²) >= 11 is 0. The van der Waals surface area contributed by atoms with Crippen LogP contribution < -0.4 is 0 Å². The van der Waals surface area contributed by atoms with Crippen molar-refractivity contribution >= 4 is 12.0 Å². The molecule has 112 valence electrons. The molecule has 5 heteroatoms. The molecule has 0 radical (unpaired) electrons. The van der Waals surface area contributed by atoms with E-state index in [0.29, 0.717) is 31.1 Å². The van der Waals surface area contributed by atoms with Gasteiger partial charge in [-0.25, -0.2) is 9.59 Å². The van der Waals surface area contributed by atoms with E-state index in [0.717, 1.165) is 24.0 Å². The first-order chi connectivity index (χ1) is 10.1. The van der Waals surface area contributed by atoms with Crippen molar-refractivity contribution in [3.05, 3.63) is 34.9 Å². The van der Waals surface area contributed by atoms with Gasteiger partial charge in [0.15, 0.2) is 0 Å². The van der Waals surface area contributed by atoms with Crippen LogP contribution in [0.3, 0.4) is 0 Å². The standard InChI is InChI=1S/C16H20N2O3/c1-17(12-5-3-6-12)16(21)18-9-8-13-11(10-18)4-2-7-14(13)15(19)20/h2,4,7,12H,3,5-6,8-10H2,1H3,(H,19,20). The van der Waals surface area contributed by atoms with Crippen molar-refractivity contribution in [1.29, 1.82) is 0 Å². The Balaban J connectivity index is 1.77. The molecule has 0 aromatic heterocycles. The van der Waals surface area contributed by atoms with Crippen molar-refractivity contribution in [1.82, 2.24) is 9.80 Å². The Kier molecular flexibility index (Phi) is 3.57. The Hall–Kier alpha value is -2.04. The molecule has 1 aliphatic carbocycles. The third-order valence-electron chi connectivity index (χ3n) is 4.69. The van der Waals surface area contributed by atoms with Gasteiger partial charge in [0.05, 0.1) is 5.56 Å². The molecular weight excluding hydrogens is 268 g/mol. The molecule has 1 N–H and O–H groups in total. The molecule has 3 rings (SSSR count). The maximum absolute atomic E-state index is 12.5. The lowest BCUT2D eigenvalue weighted by Gasteiger charge is -2.39.